The third-order valence-electron chi connectivity index (χ3n) is 3.10. The van der Waals surface area contributed by atoms with E-state index in [-0.39, 0.29) is 0 Å². The highest BCUT2D eigenvalue weighted by Gasteiger charge is 2.27. The summed E-state index contributed by atoms with van der Waals surface area (Å²) >= 11 is 0. The van der Waals surface area contributed by atoms with Crippen molar-refractivity contribution in [3.63, 3.8) is 0 Å². The average Bonchev–Trinajstić information content (AvgIpc) is 2.17. The smallest absolute Gasteiger partial charge is 0.0375 e. The lowest BCUT2D eigenvalue weighted by Gasteiger charge is -2.32. The molecule has 0 spiro atoms. The van der Waals surface area contributed by atoms with Gasteiger partial charge in [-0.3, -0.25) is 4.98 Å². The molecule has 0 saturated heterocycles. The molecule has 0 saturated carbocycles. The van der Waals surface area contributed by atoms with E-state index >= 15 is 0 Å². The topological polar surface area (TPSA) is 12.9 Å². The molecule has 0 aliphatic heterocycles. The van der Waals surface area contributed by atoms with Gasteiger partial charge >= 0.3 is 0 Å². The summed E-state index contributed by atoms with van der Waals surface area (Å²) in [5, 5.41) is 0. The Morgan fingerprint density at radius 3 is 2.56 bits per heavy atom. The molecule has 1 heterocycles. The zero-order valence-corrected chi connectivity index (χ0v) is 11.4. The van der Waals surface area contributed by atoms with E-state index in [1.807, 2.05) is 0 Å². The Morgan fingerprint density at radius 2 is 1.94 bits per heavy atom. The molecule has 16 heavy (non-hydrogen) atoms. The SMILES string of the molecule is CCC.Cc1cc2c(cn1)C(C)(C)CCC2. The molecule has 2 rings (SSSR count). The average molecular weight is 219 g/mol. The first-order valence-electron chi connectivity index (χ1n) is 6.47. The van der Waals surface area contributed by atoms with Crippen molar-refractivity contribution in [2.45, 2.75) is 65.7 Å². The standard InChI is InChI=1S/C12H17N.C3H8/c1-9-7-10-5-4-6-12(2,3)11(10)8-13-9;1-3-2/h7-8H,4-6H2,1-3H3;3H2,1-2H3. The van der Waals surface area contributed by atoms with Crippen molar-refractivity contribution in [2.24, 2.45) is 0 Å². The van der Waals surface area contributed by atoms with E-state index in [1.54, 1.807) is 0 Å². The molecule has 1 aromatic heterocycles. The number of aromatic nitrogens is 1. The monoisotopic (exact) mass is 219 g/mol. The van der Waals surface area contributed by atoms with Crippen LogP contribution < -0.4 is 0 Å². The van der Waals surface area contributed by atoms with Gasteiger partial charge in [0.2, 0.25) is 0 Å². The maximum absolute atomic E-state index is 4.39. The molecule has 90 valence electrons. The number of rotatable bonds is 0. The zero-order chi connectivity index (χ0) is 12.2. The van der Waals surface area contributed by atoms with Crippen LogP contribution in [0.2, 0.25) is 0 Å². The molecule has 0 amide bonds. The van der Waals surface area contributed by atoms with Gasteiger partial charge in [0.05, 0.1) is 0 Å². The van der Waals surface area contributed by atoms with Gasteiger partial charge in [0.15, 0.2) is 0 Å². The van der Waals surface area contributed by atoms with E-state index in [2.05, 4.69) is 51.9 Å². The van der Waals surface area contributed by atoms with Crippen molar-refractivity contribution in [1.29, 1.82) is 0 Å². The Morgan fingerprint density at radius 1 is 1.31 bits per heavy atom. The Bertz CT molecular complexity index is 339. The van der Waals surface area contributed by atoms with Gasteiger partial charge in [-0.15, -0.1) is 0 Å². The van der Waals surface area contributed by atoms with Crippen LogP contribution in [-0.4, -0.2) is 4.98 Å². The van der Waals surface area contributed by atoms with Crippen molar-refractivity contribution < 1.29 is 0 Å². The van der Waals surface area contributed by atoms with Crippen LogP contribution in [-0.2, 0) is 11.8 Å². The molecular formula is C15H25N. The molecule has 1 aliphatic carbocycles. The third kappa shape index (κ3) is 3.07. The van der Waals surface area contributed by atoms with Crippen LogP contribution in [0.25, 0.3) is 0 Å². The number of nitrogens with zero attached hydrogens (tertiary/aromatic N) is 1. The lowest BCUT2D eigenvalue weighted by Crippen LogP contribution is -2.24. The fourth-order valence-corrected chi connectivity index (χ4v) is 2.29. The zero-order valence-electron chi connectivity index (χ0n) is 11.4. The van der Waals surface area contributed by atoms with Gasteiger partial charge in [-0.05, 0) is 48.8 Å². The molecule has 0 bridgehead atoms. The molecule has 0 aromatic carbocycles. The largest absolute Gasteiger partial charge is 0.261 e. The quantitative estimate of drug-likeness (QED) is 0.629. The minimum Gasteiger partial charge on any atom is -0.261 e. The molecule has 0 N–H and O–H groups in total. The van der Waals surface area contributed by atoms with Crippen LogP contribution in [0, 0.1) is 6.92 Å². The van der Waals surface area contributed by atoms with Gasteiger partial charge < -0.3 is 0 Å². The molecule has 1 aromatic rings. The van der Waals surface area contributed by atoms with Crippen LogP contribution in [0.15, 0.2) is 12.3 Å². The Hall–Kier alpha value is -0.850. The van der Waals surface area contributed by atoms with E-state index in [0.717, 1.165) is 5.69 Å². The first-order chi connectivity index (χ1) is 7.51. The van der Waals surface area contributed by atoms with E-state index < -0.39 is 0 Å². The fraction of sp³-hybridized carbons (Fsp3) is 0.667. The number of hydrogen-bond acceptors (Lipinski definition) is 1. The van der Waals surface area contributed by atoms with Crippen molar-refractivity contribution in [3.8, 4) is 0 Å². The molecule has 0 radical (unpaired) electrons. The molecule has 0 fully saturated rings. The normalized spacial score (nSPS) is 17.1. The first kappa shape index (κ1) is 13.2. The fourth-order valence-electron chi connectivity index (χ4n) is 2.29. The number of aryl methyl sites for hydroxylation is 2. The number of fused-ring (bicyclic) bond motifs is 1. The van der Waals surface area contributed by atoms with E-state index in [1.165, 1.54) is 36.8 Å². The summed E-state index contributed by atoms with van der Waals surface area (Å²) in [6.07, 6.45) is 7.18. The molecular weight excluding hydrogens is 194 g/mol. The minimum absolute atomic E-state index is 0.342. The maximum Gasteiger partial charge on any atom is 0.0375 e. The van der Waals surface area contributed by atoms with Crippen molar-refractivity contribution in [2.75, 3.05) is 0 Å². The van der Waals surface area contributed by atoms with Gasteiger partial charge in [-0.2, -0.15) is 0 Å². The molecule has 1 nitrogen and oxygen atoms in total. The Labute approximate surface area is 100 Å². The van der Waals surface area contributed by atoms with Crippen LogP contribution in [0.4, 0.5) is 0 Å². The van der Waals surface area contributed by atoms with E-state index in [9.17, 15) is 0 Å². The lowest BCUT2D eigenvalue weighted by molar-refractivity contribution is 0.430. The predicted molar refractivity (Wildman–Crippen MR) is 70.9 cm³/mol. The van der Waals surface area contributed by atoms with Crippen LogP contribution in [0.5, 0.6) is 0 Å². The van der Waals surface area contributed by atoms with Crippen molar-refractivity contribution in [3.05, 3.63) is 29.1 Å². The summed E-state index contributed by atoms with van der Waals surface area (Å²) in [6, 6.07) is 2.25. The van der Waals surface area contributed by atoms with E-state index in [0.29, 0.717) is 5.41 Å². The van der Waals surface area contributed by atoms with Gasteiger partial charge in [0.1, 0.15) is 0 Å². The van der Waals surface area contributed by atoms with E-state index in [4.69, 9.17) is 0 Å². The second kappa shape index (κ2) is 5.47. The Kier molecular flexibility index (Phi) is 4.52. The van der Waals surface area contributed by atoms with Crippen LogP contribution in [0.1, 0.15) is 63.8 Å². The van der Waals surface area contributed by atoms with Crippen LogP contribution in [0.3, 0.4) is 0 Å². The highest BCUT2D eigenvalue weighted by Crippen LogP contribution is 2.36. The van der Waals surface area contributed by atoms with Crippen LogP contribution >= 0.6 is 0 Å². The molecule has 1 aliphatic rings. The summed E-state index contributed by atoms with van der Waals surface area (Å²) in [5.41, 5.74) is 4.47. The third-order valence-corrected chi connectivity index (χ3v) is 3.10. The second-order valence-electron chi connectivity index (χ2n) is 5.43. The van der Waals surface area contributed by atoms with Gasteiger partial charge in [-0.25, -0.2) is 0 Å². The lowest BCUT2D eigenvalue weighted by atomic mass is 9.73. The molecule has 0 unspecified atom stereocenters. The number of hydrogen-bond donors (Lipinski definition) is 0. The first-order valence-corrected chi connectivity index (χ1v) is 6.47. The molecule has 1 heteroatoms. The highest BCUT2D eigenvalue weighted by atomic mass is 14.7. The highest BCUT2D eigenvalue weighted by molar-refractivity contribution is 5.34. The predicted octanol–water partition coefficient (Wildman–Crippen LogP) is 4.42. The summed E-state index contributed by atoms with van der Waals surface area (Å²) in [6.45, 7) is 11.0. The second-order valence-corrected chi connectivity index (χ2v) is 5.43. The minimum atomic E-state index is 0.342. The number of pyridine rings is 1. The van der Waals surface area contributed by atoms with Crippen molar-refractivity contribution >= 4 is 0 Å². The Balaban J connectivity index is 0.000000386. The van der Waals surface area contributed by atoms with Gasteiger partial charge in [0, 0.05) is 11.9 Å². The van der Waals surface area contributed by atoms with Gasteiger partial charge in [-0.1, -0.05) is 34.1 Å². The summed E-state index contributed by atoms with van der Waals surface area (Å²) in [7, 11) is 0. The summed E-state index contributed by atoms with van der Waals surface area (Å²) < 4.78 is 0. The van der Waals surface area contributed by atoms with Crippen molar-refractivity contribution in [1.82, 2.24) is 4.98 Å². The molecule has 0 atom stereocenters. The maximum atomic E-state index is 4.39. The summed E-state index contributed by atoms with van der Waals surface area (Å²) in [5.74, 6) is 0. The van der Waals surface area contributed by atoms with Gasteiger partial charge in [0.25, 0.3) is 0 Å². The summed E-state index contributed by atoms with van der Waals surface area (Å²) in [4.78, 5) is 4.39.